The third kappa shape index (κ3) is 1.38. The van der Waals surface area contributed by atoms with Crippen molar-refractivity contribution >= 4 is 17.9 Å². The van der Waals surface area contributed by atoms with Crippen molar-refractivity contribution in [1.29, 1.82) is 0 Å². The van der Waals surface area contributed by atoms with Crippen molar-refractivity contribution in [3.63, 3.8) is 0 Å². The van der Waals surface area contributed by atoms with E-state index in [1.165, 1.54) is 0 Å². The molecule has 124 valence electrons. The molecule has 0 radical (unpaired) electrons. The number of hydrogen-bond acceptors (Lipinski definition) is 4. The minimum absolute atomic E-state index is 0.0200. The van der Waals surface area contributed by atoms with E-state index in [0.717, 1.165) is 44.8 Å². The molecule has 4 saturated carbocycles. The van der Waals surface area contributed by atoms with Gasteiger partial charge in [0.15, 0.2) is 11.4 Å². The predicted octanol–water partition coefficient (Wildman–Crippen LogP) is 2.48. The zero-order chi connectivity index (χ0) is 16.0. The number of carbonyl (C=O) groups is 3. The lowest BCUT2D eigenvalue weighted by Gasteiger charge is -2.56. The normalized spacial score (nSPS) is 57.1. The molecule has 1 saturated heterocycles. The zero-order valence-electron chi connectivity index (χ0n) is 13.7. The molecular formula is C19H24O4. The fraction of sp³-hybridized carbons (Fsp3) is 0.842. The highest BCUT2D eigenvalue weighted by Gasteiger charge is 2.80. The molecular weight excluding hydrogens is 292 g/mol. The second-order valence-corrected chi connectivity index (χ2v) is 8.81. The van der Waals surface area contributed by atoms with Gasteiger partial charge in [-0.15, -0.1) is 0 Å². The van der Waals surface area contributed by atoms with Gasteiger partial charge in [-0.05, 0) is 56.3 Å². The van der Waals surface area contributed by atoms with Crippen molar-refractivity contribution < 1.29 is 19.1 Å². The fourth-order valence-corrected chi connectivity index (χ4v) is 7.18. The summed E-state index contributed by atoms with van der Waals surface area (Å²) in [6.45, 7) is 2.10. The van der Waals surface area contributed by atoms with Crippen LogP contribution in [0.25, 0.3) is 0 Å². The Labute approximate surface area is 136 Å². The van der Waals surface area contributed by atoms with Gasteiger partial charge in [-0.2, -0.15) is 0 Å². The molecule has 1 heterocycles. The van der Waals surface area contributed by atoms with Crippen molar-refractivity contribution in [2.75, 3.05) is 0 Å². The summed E-state index contributed by atoms with van der Waals surface area (Å²) < 4.78 is 5.93. The number of fused-ring (bicyclic) bond motifs is 4. The molecule has 4 nitrogen and oxygen atoms in total. The van der Waals surface area contributed by atoms with E-state index in [-0.39, 0.29) is 35.1 Å². The molecule has 2 unspecified atom stereocenters. The number of aldehydes is 1. The molecule has 0 bridgehead atoms. The van der Waals surface area contributed by atoms with Crippen LogP contribution < -0.4 is 0 Å². The lowest BCUT2D eigenvalue weighted by atomic mass is 9.44. The summed E-state index contributed by atoms with van der Waals surface area (Å²) in [5.74, 6) is 1.24. The SMILES string of the molecule is C[C@]12CCC3[C@@H](CC(=O)[C@]45O[C@H]4CCC[C@]35C=O)C1CCC2=O. The standard InChI is InChI=1S/C19H24O4/c1-17-8-6-13-11(12(17)4-5-14(17)21)9-15(22)19-16(23-19)3-2-7-18(13,19)10-20/h10-13,16H,2-9H2,1H3/t11-,12?,13?,16-,17-,18-,19-/m0/s1. The van der Waals surface area contributed by atoms with Crippen molar-refractivity contribution in [1.82, 2.24) is 0 Å². The molecule has 5 fully saturated rings. The lowest BCUT2D eigenvalue weighted by molar-refractivity contribution is -0.162. The molecule has 7 atom stereocenters. The van der Waals surface area contributed by atoms with E-state index in [1.807, 2.05) is 0 Å². The summed E-state index contributed by atoms with van der Waals surface area (Å²) in [6, 6.07) is 0. The molecule has 5 rings (SSSR count). The van der Waals surface area contributed by atoms with Gasteiger partial charge < -0.3 is 9.53 Å². The quantitative estimate of drug-likeness (QED) is 0.551. The van der Waals surface area contributed by atoms with E-state index in [9.17, 15) is 14.4 Å². The van der Waals surface area contributed by atoms with Gasteiger partial charge in [-0.1, -0.05) is 6.92 Å². The summed E-state index contributed by atoms with van der Waals surface area (Å²) in [6.07, 6.45) is 7.58. The maximum atomic E-state index is 13.0. The summed E-state index contributed by atoms with van der Waals surface area (Å²) in [5, 5.41) is 0. The fourth-order valence-electron chi connectivity index (χ4n) is 7.18. The van der Waals surface area contributed by atoms with Gasteiger partial charge in [0.1, 0.15) is 12.1 Å². The molecule has 1 aliphatic heterocycles. The highest BCUT2D eigenvalue weighted by molar-refractivity contribution is 5.97. The van der Waals surface area contributed by atoms with Gasteiger partial charge in [0.2, 0.25) is 0 Å². The highest BCUT2D eigenvalue weighted by Crippen LogP contribution is 2.70. The highest BCUT2D eigenvalue weighted by atomic mass is 16.6. The number of Topliss-reactive ketones (excluding diaryl/α,β-unsaturated/α-hetero) is 2. The third-order valence-corrected chi connectivity index (χ3v) is 8.33. The Morgan fingerprint density at radius 3 is 2.70 bits per heavy atom. The number of epoxide rings is 1. The van der Waals surface area contributed by atoms with Crippen LogP contribution in [0.1, 0.15) is 58.3 Å². The molecule has 4 aliphatic carbocycles. The number of hydrogen-bond donors (Lipinski definition) is 0. The van der Waals surface area contributed by atoms with Crippen LogP contribution in [0.15, 0.2) is 0 Å². The first-order valence-corrected chi connectivity index (χ1v) is 9.20. The molecule has 0 N–H and O–H groups in total. The Kier molecular flexibility index (Phi) is 2.58. The molecule has 23 heavy (non-hydrogen) atoms. The van der Waals surface area contributed by atoms with Crippen LogP contribution in [-0.2, 0) is 19.1 Å². The van der Waals surface area contributed by atoms with Gasteiger partial charge in [0.05, 0.1) is 11.5 Å². The maximum absolute atomic E-state index is 13.0. The Balaban J connectivity index is 1.60. The van der Waals surface area contributed by atoms with Crippen LogP contribution in [0.4, 0.5) is 0 Å². The first-order chi connectivity index (χ1) is 11.0. The van der Waals surface area contributed by atoms with E-state index < -0.39 is 11.0 Å². The van der Waals surface area contributed by atoms with Gasteiger partial charge in [0, 0.05) is 18.3 Å². The van der Waals surface area contributed by atoms with E-state index in [4.69, 9.17) is 4.74 Å². The molecule has 0 aromatic rings. The van der Waals surface area contributed by atoms with Crippen LogP contribution in [0.2, 0.25) is 0 Å². The Morgan fingerprint density at radius 2 is 1.91 bits per heavy atom. The zero-order valence-corrected chi connectivity index (χ0v) is 13.7. The van der Waals surface area contributed by atoms with Gasteiger partial charge >= 0.3 is 0 Å². The van der Waals surface area contributed by atoms with Gasteiger partial charge in [-0.3, -0.25) is 9.59 Å². The topological polar surface area (TPSA) is 63.7 Å². The Morgan fingerprint density at radius 1 is 1.09 bits per heavy atom. The Bertz CT molecular complexity index is 627. The number of ether oxygens (including phenoxy) is 1. The summed E-state index contributed by atoms with van der Waals surface area (Å²) in [5.41, 5.74) is -1.65. The summed E-state index contributed by atoms with van der Waals surface area (Å²) >= 11 is 0. The average Bonchev–Trinajstić information content (AvgIpc) is 3.22. The maximum Gasteiger partial charge on any atom is 0.168 e. The molecule has 0 amide bonds. The van der Waals surface area contributed by atoms with Gasteiger partial charge in [0.25, 0.3) is 0 Å². The second kappa shape index (κ2) is 4.14. The van der Waals surface area contributed by atoms with E-state index in [0.29, 0.717) is 18.6 Å². The second-order valence-electron chi connectivity index (χ2n) is 8.81. The van der Waals surface area contributed by atoms with Crippen LogP contribution in [0, 0.1) is 28.6 Å². The molecule has 0 aromatic carbocycles. The number of carbonyl (C=O) groups excluding carboxylic acids is 3. The van der Waals surface area contributed by atoms with Crippen LogP contribution >= 0.6 is 0 Å². The van der Waals surface area contributed by atoms with Crippen LogP contribution in [0.5, 0.6) is 0 Å². The molecule has 4 heteroatoms. The minimum atomic E-state index is -0.787. The summed E-state index contributed by atoms with van der Waals surface area (Å²) in [4.78, 5) is 37.7. The van der Waals surface area contributed by atoms with Crippen molar-refractivity contribution in [2.45, 2.75) is 70.0 Å². The average molecular weight is 316 g/mol. The van der Waals surface area contributed by atoms with E-state index in [2.05, 4.69) is 6.92 Å². The Hall–Kier alpha value is -1.03. The van der Waals surface area contributed by atoms with Crippen molar-refractivity contribution in [3.05, 3.63) is 0 Å². The predicted molar refractivity (Wildman–Crippen MR) is 81.6 cm³/mol. The molecule has 5 aliphatic rings. The largest absolute Gasteiger partial charge is 0.357 e. The van der Waals surface area contributed by atoms with E-state index in [1.54, 1.807) is 0 Å². The monoisotopic (exact) mass is 316 g/mol. The number of rotatable bonds is 1. The van der Waals surface area contributed by atoms with Crippen molar-refractivity contribution in [2.24, 2.45) is 28.6 Å². The lowest BCUT2D eigenvalue weighted by Crippen LogP contribution is -2.63. The van der Waals surface area contributed by atoms with Crippen LogP contribution in [-0.4, -0.2) is 29.6 Å². The molecule has 1 spiro atoms. The minimum Gasteiger partial charge on any atom is -0.357 e. The molecule has 0 aromatic heterocycles. The van der Waals surface area contributed by atoms with Gasteiger partial charge in [-0.25, -0.2) is 0 Å². The van der Waals surface area contributed by atoms with Crippen molar-refractivity contribution in [3.8, 4) is 0 Å². The first-order valence-electron chi connectivity index (χ1n) is 9.20. The van der Waals surface area contributed by atoms with Crippen LogP contribution in [0.3, 0.4) is 0 Å². The van der Waals surface area contributed by atoms with E-state index >= 15 is 0 Å². The first kappa shape index (κ1) is 14.3. The number of ketones is 2. The smallest absolute Gasteiger partial charge is 0.168 e. The summed E-state index contributed by atoms with van der Waals surface area (Å²) in [7, 11) is 0. The third-order valence-electron chi connectivity index (χ3n) is 8.33.